The van der Waals surface area contributed by atoms with Gasteiger partial charge in [0.1, 0.15) is 0 Å². The molecule has 15 heavy (non-hydrogen) atoms. The summed E-state index contributed by atoms with van der Waals surface area (Å²) in [5.74, 6) is 0.667. The molecule has 0 aromatic carbocycles. The van der Waals surface area contributed by atoms with Crippen molar-refractivity contribution in [1.82, 2.24) is 0 Å². The molecule has 0 saturated carbocycles. The van der Waals surface area contributed by atoms with Gasteiger partial charge in [-0.1, -0.05) is 50.5 Å². The van der Waals surface area contributed by atoms with E-state index in [1.165, 1.54) is 17.6 Å². The molecule has 0 aromatic heterocycles. The first-order valence-corrected chi connectivity index (χ1v) is 6.38. The van der Waals surface area contributed by atoms with Crippen molar-refractivity contribution in [2.45, 2.75) is 59.1 Å². The Hall–Kier alpha value is -0.170. The Kier molecular flexibility index (Phi) is 6.35. The highest BCUT2D eigenvalue weighted by Gasteiger charge is 2.19. The predicted octanol–water partition coefficient (Wildman–Crippen LogP) is 5.02. The Balaban J connectivity index is 4.73. The lowest BCUT2D eigenvalue weighted by Gasteiger charge is -2.24. The zero-order chi connectivity index (χ0) is 12.1. The summed E-state index contributed by atoms with van der Waals surface area (Å²) in [6, 6.07) is 0. The molecule has 1 heteroatoms. The summed E-state index contributed by atoms with van der Waals surface area (Å²) in [6.45, 7) is 13.2. The zero-order valence-electron chi connectivity index (χ0n) is 11.1. The van der Waals surface area contributed by atoms with Crippen LogP contribution in [0.4, 0.5) is 0 Å². The van der Waals surface area contributed by atoms with E-state index in [1.807, 2.05) is 0 Å². The lowest BCUT2D eigenvalue weighted by Crippen LogP contribution is -2.17. The van der Waals surface area contributed by atoms with Crippen LogP contribution in [0.2, 0.25) is 0 Å². The summed E-state index contributed by atoms with van der Waals surface area (Å²) >= 11 is 4.70. The second-order valence-corrected chi connectivity index (χ2v) is 5.67. The maximum Gasteiger partial charge on any atom is 0.0310 e. The van der Waals surface area contributed by atoms with Crippen LogP contribution in [-0.2, 0) is 0 Å². The van der Waals surface area contributed by atoms with Crippen molar-refractivity contribution in [1.29, 1.82) is 0 Å². The molecule has 0 fully saturated rings. The highest BCUT2D eigenvalue weighted by atomic mass is 32.1. The SMILES string of the molecule is CCC(C)/C=C\C(C)=C(/C)C(C)(S)CC. The van der Waals surface area contributed by atoms with E-state index >= 15 is 0 Å². The van der Waals surface area contributed by atoms with Gasteiger partial charge in [0, 0.05) is 4.75 Å². The van der Waals surface area contributed by atoms with Crippen molar-refractivity contribution < 1.29 is 0 Å². The molecule has 0 aliphatic heterocycles. The first-order valence-electron chi connectivity index (χ1n) is 5.93. The molecular formula is C14H26S. The van der Waals surface area contributed by atoms with Gasteiger partial charge in [-0.05, 0) is 33.1 Å². The van der Waals surface area contributed by atoms with E-state index in [0.29, 0.717) is 5.92 Å². The third kappa shape index (κ3) is 4.92. The fourth-order valence-electron chi connectivity index (χ4n) is 1.26. The van der Waals surface area contributed by atoms with Crippen LogP contribution in [0.5, 0.6) is 0 Å². The fourth-order valence-corrected chi connectivity index (χ4v) is 1.44. The molecule has 0 nitrogen and oxygen atoms in total. The molecule has 0 saturated heterocycles. The van der Waals surface area contributed by atoms with Crippen molar-refractivity contribution in [2.24, 2.45) is 5.92 Å². The van der Waals surface area contributed by atoms with Gasteiger partial charge in [0.2, 0.25) is 0 Å². The van der Waals surface area contributed by atoms with Gasteiger partial charge in [-0.15, -0.1) is 0 Å². The van der Waals surface area contributed by atoms with E-state index in [0.717, 1.165) is 6.42 Å². The first kappa shape index (κ1) is 14.8. The van der Waals surface area contributed by atoms with Gasteiger partial charge < -0.3 is 0 Å². The second-order valence-electron chi connectivity index (χ2n) is 4.68. The summed E-state index contributed by atoms with van der Waals surface area (Å²) in [5.41, 5.74) is 2.74. The lowest BCUT2D eigenvalue weighted by atomic mass is 9.93. The van der Waals surface area contributed by atoms with Crippen LogP contribution in [0.15, 0.2) is 23.3 Å². The topological polar surface area (TPSA) is 0 Å². The molecule has 0 amide bonds. The standard InChI is InChI=1S/C14H26S/c1-7-11(3)9-10-12(4)13(5)14(6,15)8-2/h9-11,15H,7-8H2,1-6H3/b10-9-,13-12+. The van der Waals surface area contributed by atoms with Gasteiger partial charge in [0.05, 0.1) is 0 Å². The van der Waals surface area contributed by atoms with E-state index in [1.54, 1.807) is 0 Å². The molecule has 2 atom stereocenters. The maximum absolute atomic E-state index is 4.70. The molecule has 88 valence electrons. The van der Waals surface area contributed by atoms with Gasteiger partial charge in [-0.25, -0.2) is 0 Å². The van der Waals surface area contributed by atoms with Crippen molar-refractivity contribution >= 4 is 12.6 Å². The Morgan fingerprint density at radius 3 is 2.27 bits per heavy atom. The van der Waals surface area contributed by atoms with Crippen LogP contribution in [0.3, 0.4) is 0 Å². The summed E-state index contributed by atoms with van der Waals surface area (Å²) in [5, 5.41) is 0. The van der Waals surface area contributed by atoms with E-state index in [9.17, 15) is 0 Å². The Labute approximate surface area is 101 Å². The first-order chi connectivity index (χ1) is 6.85. The molecule has 0 spiro atoms. The summed E-state index contributed by atoms with van der Waals surface area (Å²) in [4.78, 5) is 0. The fraction of sp³-hybridized carbons (Fsp3) is 0.714. The van der Waals surface area contributed by atoms with Gasteiger partial charge in [-0.3, -0.25) is 0 Å². The van der Waals surface area contributed by atoms with Gasteiger partial charge in [-0.2, -0.15) is 12.6 Å². The predicted molar refractivity (Wildman–Crippen MR) is 74.7 cm³/mol. The minimum atomic E-state index is 0.0316. The molecule has 2 unspecified atom stereocenters. The zero-order valence-corrected chi connectivity index (χ0v) is 12.0. The van der Waals surface area contributed by atoms with Crippen LogP contribution in [0.25, 0.3) is 0 Å². The second kappa shape index (κ2) is 6.42. The molecule has 0 rings (SSSR count). The Morgan fingerprint density at radius 2 is 1.87 bits per heavy atom. The average molecular weight is 226 g/mol. The Bertz CT molecular complexity index is 246. The number of thiol groups is 1. The Morgan fingerprint density at radius 1 is 1.33 bits per heavy atom. The summed E-state index contributed by atoms with van der Waals surface area (Å²) in [7, 11) is 0. The van der Waals surface area contributed by atoms with Crippen LogP contribution in [0, 0.1) is 5.92 Å². The van der Waals surface area contributed by atoms with Crippen molar-refractivity contribution in [3.05, 3.63) is 23.3 Å². The molecular weight excluding hydrogens is 200 g/mol. The molecule has 0 aliphatic carbocycles. The highest BCUT2D eigenvalue weighted by Crippen LogP contribution is 2.30. The van der Waals surface area contributed by atoms with E-state index < -0.39 is 0 Å². The van der Waals surface area contributed by atoms with Crippen LogP contribution < -0.4 is 0 Å². The molecule has 0 heterocycles. The minimum absolute atomic E-state index is 0.0316. The lowest BCUT2D eigenvalue weighted by molar-refractivity contribution is 0.695. The van der Waals surface area contributed by atoms with Crippen LogP contribution in [0.1, 0.15) is 54.4 Å². The number of rotatable bonds is 5. The molecule has 0 radical (unpaired) electrons. The number of hydrogen-bond acceptors (Lipinski definition) is 1. The van der Waals surface area contributed by atoms with Crippen LogP contribution >= 0.6 is 12.6 Å². The van der Waals surface area contributed by atoms with E-state index in [4.69, 9.17) is 12.6 Å². The molecule has 0 aromatic rings. The van der Waals surface area contributed by atoms with E-state index in [-0.39, 0.29) is 4.75 Å². The van der Waals surface area contributed by atoms with Gasteiger partial charge in [0.25, 0.3) is 0 Å². The number of hydrogen-bond donors (Lipinski definition) is 1. The van der Waals surface area contributed by atoms with Crippen molar-refractivity contribution in [2.75, 3.05) is 0 Å². The average Bonchev–Trinajstić information content (AvgIpc) is 2.23. The summed E-state index contributed by atoms with van der Waals surface area (Å²) < 4.78 is 0.0316. The van der Waals surface area contributed by atoms with Gasteiger partial charge in [0.15, 0.2) is 0 Å². The monoisotopic (exact) mass is 226 g/mol. The largest absolute Gasteiger partial charge is 0.168 e. The molecule has 0 N–H and O–H groups in total. The van der Waals surface area contributed by atoms with Crippen LogP contribution in [-0.4, -0.2) is 4.75 Å². The normalized spacial score (nSPS) is 19.9. The van der Waals surface area contributed by atoms with Gasteiger partial charge >= 0.3 is 0 Å². The highest BCUT2D eigenvalue weighted by molar-refractivity contribution is 7.82. The summed E-state index contributed by atoms with van der Waals surface area (Å²) in [6.07, 6.45) is 6.80. The minimum Gasteiger partial charge on any atom is -0.168 e. The smallest absolute Gasteiger partial charge is 0.0310 e. The molecule has 0 aliphatic rings. The van der Waals surface area contributed by atoms with E-state index in [2.05, 4.69) is 53.7 Å². The third-order valence-corrected chi connectivity index (χ3v) is 4.06. The quantitative estimate of drug-likeness (QED) is 0.493. The third-order valence-electron chi connectivity index (χ3n) is 3.41. The maximum atomic E-state index is 4.70. The van der Waals surface area contributed by atoms with Crippen molar-refractivity contribution in [3.8, 4) is 0 Å². The van der Waals surface area contributed by atoms with Crippen molar-refractivity contribution in [3.63, 3.8) is 0 Å². The number of allylic oxidation sites excluding steroid dienone is 3. The molecule has 0 bridgehead atoms.